The van der Waals surface area contributed by atoms with E-state index < -0.39 is 0 Å². The molecule has 0 radical (unpaired) electrons. The highest BCUT2D eigenvalue weighted by atomic mass is 16.5. The second kappa shape index (κ2) is 6.45. The van der Waals surface area contributed by atoms with Crippen molar-refractivity contribution in [2.24, 2.45) is 0 Å². The number of carbonyl (C=O) groups excluding carboxylic acids is 1. The Labute approximate surface area is 115 Å². The maximum Gasteiger partial charge on any atom is 0.220 e. The predicted octanol–water partition coefficient (Wildman–Crippen LogP) is 2.55. The zero-order valence-corrected chi connectivity index (χ0v) is 12.4. The molecule has 106 valence electrons. The number of amides is 1. The van der Waals surface area contributed by atoms with Crippen LogP contribution in [0.3, 0.4) is 0 Å². The van der Waals surface area contributed by atoms with Gasteiger partial charge in [-0.1, -0.05) is 0 Å². The van der Waals surface area contributed by atoms with Gasteiger partial charge in [-0.15, -0.1) is 0 Å². The summed E-state index contributed by atoms with van der Waals surface area (Å²) in [5, 5.41) is 2.94. The number of hydrogen-bond acceptors (Lipinski definition) is 3. The summed E-state index contributed by atoms with van der Waals surface area (Å²) in [6.07, 6.45) is 1.06. The van der Waals surface area contributed by atoms with E-state index in [9.17, 15) is 4.79 Å². The second-order valence-electron chi connectivity index (χ2n) is 5.48. The number of methoxy groups -OCH3 is 2. The quantitative estimate of drug-likeness (QED) is 0.890. The fourth-order valence-electron chi connectivity index (χ4n) is 1.81. The van der Waals surface area contributed by atoms with E-state index in [4.69, 9.17) is 9.47 Å². The van der Waals surface area contributed by atoms with E-state index in [0.717, 1.165) is 17.1 Å². The highest BCUT2D eigenvalue weighted by Gasteiger charge is 2.14. The van der Waals surface area contributed by atoms with Crippen LogP contribution in [-0.4, -0.2) is 25.7 Å². The average Bonchev–Trinajstić information content (AvgIpc) is 2.33. The van der Waals surface area contributed by atoms with Crippen LogP contribution >= 0.6 is 0 Å². The average molecular weight is 265 g/mol. The summed E-state index contributed by atoms with van der Waals surface area (Å²) in [5.41, 5.74) is 0.779. The first-order chi connectivity index (χ1) is 8.85. The van der Waals surface area contributed by atoms with Gasteiger partial charge in [0.15, 0.2) is 0 Å². The normalized spacial score (nSPS) is 11.0. The number of nitrogens with one attached hydrogen (secondary N) is 1. The van der Waals surface area contributed by atoms with Gasteiger partial charge in [-0.3, -0.25) is 4.79 Å². The van der Waals surface area contributed by atoms with E-state index >= 15 is 0 Å². The van der Waals surface area contributed by atoms with Crippen molar-refractivity contribution < 1.29 is 14.3 Å². The van der Waals surface area contributed by atoms with Crippen molar-refractivity contribution in [3.05, 3.63) is 23.8 Å². The number of carbonyl (C=O) groups is 1. The Morgan fingerprint density at radius 1 is 1.21 bits per heavy atom. The third kappa shape index (κ3) is 5.20. The fourth-order valence-corrected chi connectivity index (χ4v) is 1.81. The molecule has 0 saturated heterocycles. The highest BCUT2D eigenvalue weighted by molar-refractivity contribution is 5.77. The summed E-state index contributed by atoms with van der Waals surface area (Å²) in [4.78, 5) is 11.8. The van der Waals surface area contributed by atoms with Crippen LogP contribution in [0.4, 0.5) is 0 Å². The van der Waals surface area contributed by atoms with Gasteiger partial charge in [0.2, 0.25) is 5.91 Å². The van der Waals surface area contributed by atoms with Crippen molar-refractivity contribution in [3.63, 3.8) is 0 Å². The first-order valence-electron chi connectivity index (χ1n) is 6.37. The lowest BCUT2D eigenvalue weighted by Gasteiger charge is -2.20. The van der Waals surface area contributed by atoms with Gasteiger partial charge in [0.1, 0.15) is 11.5 Å². The first-order valence-corrected chi connectivity index (χ1v) is 6.37. The number of hydrogen-bond donors (Lipinski definition) is 1. The molecular weight excluding hydrogens is 242 g/mol. The maximum atomic E-state index is 11.8. The van der Waals surface area contributed by atoms with Gasteiger partial charge in [-0.25, -0.2) is 0 Å². The van der Waals surface area contributed by atoms with Gasteiger partial charge in [0, 0.05) is 12.0 Å². The molecule has 4 heteroatoms. The van der Waals surface area contributed by atoms with E-state index in [1.807, 2.05) is 39.0 Å². The Morgan fingerprint density at radius 3 is 2.42 bits per heavy atom. The molecule has 0 unspecified atom stereocenters. The second-order valence-corrected chi connectivity index (χ2v) is 5.48. The third-order valence-electron chi connectivity index (χ3n) is 2.62. The summed E-state index contributed by atoms with van der Waals surface area (Å²) >= 11 is 0. The van der Waals surface area contributed by atoms with E-state index in [2.05, 4.69) is 5.32 Å². The molecule has 1 amide bonds. The Hall–Kier alpha value is -1.71. The third-order valence-corrected chi connectivity index (χ3v) is 2.62. The Bertz CT molecular complexity index is 436. The topological polar surface area (TPSA) is 47.6 Å². The Kier molecular flexibility index (Phi) is 5.21. The smallest absolute Gasteiger partial charge is 0.220 e. The number of ether oxygens (including phenoxy) is 2. The van der Waals surface area contributed by atoms with Gasteiger partial charge < -0.3 is 14.8 Å². The molecule has 1 aromatic rings. The van der Waals surface area contributed by atoms with Crippen LogP contribution < -0.4 is 14.8 Å². The molecule has 1 aromatic carbocycles. The van der Waals surface area contributed by atoms with Crippen LogP contribution in [0.5, 0.6) is 11.5 Å². The molecule has 0 atom stereocenters. The molecule has 0 heterocycles. The minimum absolute atomic E-state index is 0.0392. The molecule has 0 fully saturated rings. The van der Waals surface area contributed by atoms with Crippen molar-refractivity contribution in [1.82, 2.24) is 5.32 Å². The van der Waals surface area contributed by atoms with Gasteiger partial charge in [-0.2, -0.15) is 0 Å². The molecule has 0 aliphatic carbocycles. The van der Waals surface area contributed by atoms with Crippen molar-refractivity contribution in [1.29, 1.82) is 0 Å². The molecule has 0 aliphatic rings. The highest BCUT2D eigenvalue weighted by Crippen LogP contribution is 2.25. The standard InChI is InChI=1S/C15H23NO3/c1-15(2,3)16-14(17)9-6-11-10-12(18-4)7-8-13(11)19-5/h7-8,10H,6,9H2,1-5H3,(H,16,17). The lowest BCUT2D eigenvalue weighted by Crippen LogP contribution is -2.40. The first kappa shape index (κ1) is 15.3. The molecule has 0 aliphatic heterocycles. The van der Waals surface area contributed by atoms with Crippen molar-refractivity contribution in [2.75, 3.05) is 14.2 Å². The molecule has 0 aromatic heterocycles. The predicted molar refractivity (Wildman–Crippen MR) is 75.8 cm³/mol. The largest absolute Gasteiger partial charge is 0.497 e. The summed E-state index contributed by atoms with van der Waals surface area (Å²) in [7, 11) is 3.25. The van der Waals surface area contributed by atoms with Gasteiger partial charge in [0.05, 0.1) is 14.2 Å². The van der Waals surface area contributed by atoms with Crippen LogP contribution in [0.25, 0.3) is 0 Å². The number of rotatable bonds is 5. The van der Waals surface area contributed by atoms with Crippen molar-refractivity contribution >= 4 is 5.91 Å². The zero-order valence-electron chi connectivity index (χ0n) is 12.4. The van der Waals surface area contributed by atoms with Crippen molar-refractivity contribution in [3.8, 4) is 11.5 Å². The molecular formula is C15H23NO3. The molecule has 0 spiro atoms. The Morgan fingerprint density at radius 2 is 1.89 bits per heavy atom. The van der Waals surface area contributed by atoms with E-state index in [1.54, 1.807) is 14.2 Å². The molecule has 4 nitrogen and oxygen atoms in total. The lowest BCUT2D eigenvalue weighted by atomic mass is 10.1. The minimum Gasteiger partial charge on any atom is -0.497 e. The van der Waals surface area contributed by atoms with Gasteiger partial charge in [-0.05, 0) is 51.0 Å². The van der Waals surface area contributed by atoms with E-state index in [0.29, 0.717) is 12.8 Å². The van der Waals surface area contributed by atoms with Crippen LogP contribution in [0.1, 0.15) is 32.8 Å². The summed E-state index contributed by atoms with van der Waals surface area (Å²) < 4.78 is 10.5. The van der Waals surface area contributed by atoms with Crippen molar-refractivity contribution in [2.45, 2.75) is 39.2 Å². The SMILES string of the molecule is COc1ccc(OC)c(CCC(=O)NC(C)(C)C)c1. The van der Waals surface area contributed by atoms with Crippen LogP contribution in [0.15, 0.2) is 18.2 Å². The zero-order chi connectivity index (χ0) is 14.5. The van der Waals surface area contributed by atoms with E-state index in [1.165, 1.54) is 0 Å². The summed E-state index contributed by atoms with van der Waals surface area (Å²) in [6.45, 7) is 5.91. The molecule has 0 saturated carbocycles. The lowest BCUT2D eigenvalue weighted by molar-refractivity contribution is -0.122. The van der Waals surface area contributed by atoms with Gasteiger partial charge >= 0.3 is 0 Å². The molecule has 1 N–H and O–H groups in total. The molecule has 19 heavy (non-hydrogen) atoms. The Balaban J connectivity index is 2.68. The molecule has 1 rings (SSSR count). The maximum absolute atomic E-state index is 11.8. The fraction of sp³-hybridized carbons (Fsp3) is 0.533. The number of aryl methyl sites for hydroxylation is 1. The van der Waals surface area contributed by atoms with Crippen LogP contribution in [0.2, 0.25) is 0 Å². The summed E-state index contributed by atoms with van der Waals surface area (Å²) in [6, 6.07) is 5.61. The minimum atomic E-state index is -0.199. The van der Waals surface area contributed by atoms with E-state index in [-0.39, 0.29) is 11.4 Å². The number of benzene rings is 1. The summed E-state index contributed by atoms with van der Waals surface area (Å²) in [5.74, 6) is 1.59. The van der Waals surface area contributed by atoms with Crippen LogP contribution in [-0.2, 0) is 11.2 Å². The molecule has 0 bridgehead atoms. The monoisotopic (exact) mass is 265 g/mol. The van der Waals surface area contributed by atoms with Crippen LogP contribution in [0, 0.1) is 0 Å². The van der Waals surface area contributed by atoms with Gasteiger partial charge in [0.25, 0.3) is 0 Å².